The molecular formula is C10H14BrNOS. The van der Waals surface area contributed by atoms with E-state index in [4.69, 9.17) is 10.5 Å². The van der Waals surface area contributed by atoms with Crippen molar-refractivity contribution in [2.45, 2.75) is 31.5 Å². The summed E-state index contributed by atoms with van der Waals surface area (Å²) >= 11 is 5.15. The zero-order valence-corrected chi connectivity index (χ0v) is 10.3. The van der Waals surface area contributed by atoms with Gasteiger partial charge in [0.1, 0.15) is 6.10 Å². The van der Waals surface area contributed by atoms with Crippen LogP contribution in [-0.2, 0) is 4.74 Å². The summed E-state index contributed by atoms with van der Waals surface area (Å²) in [6, 6.07) is 2.10. The largest absolute Gasteiger partial charge is 0.368 e. The molecule has 4 heteroatoms. The molecule has 1 atom stereocenters. The molecule has 2 rings (SSSR count). The van der Waals surface area contributed by atoms with Gasteiger partial charge in [-0.3, -0.25) is 0 Å². The highest BCUT2D eigenvalue weighted by molar-refractivity contribution is 9.10. The van der Waals surface area contributed by atoms with E-state index in [1.165, 1.54) is 24.1 Å². The molecular weight excluding hydrogens is 262 g/mol. The van der Waals surface area contributed by atoms with Gasteiger partial charge in [-0.1, -0.05) is 0 Å². The number of nitrogens with two attached hydrogens (primary N) is 1. The first-order valence-electron chi connectivity index (χ1n) is 4.89. The van der Waals surface area contributed by atoms with Gasteiger partial charge < -0.3 is 10.5 Å². The first-order chi connectivity index (χ1) is 6.79. The Hall–Kier alpha value is 0.1000. The van der Waals surface area contributed by atoms with E-state index in [-0.39, 0.29) is 6.10 Å². The van der Waals surface area contributed by atoms with Crippen molar-refractivity contribution in [3.05, 3.63) is 20.8 Å². The summed E-state index contributed by atoms with van der Waals surface area (Å²) in [6.07, 6.45) is 4.24. The Morgan fingerprint density at radius 2 is 2.43 bits per heavy atom. The van der Waals surface area contributed by atoms with E-state index in [1.54, 1.807) is 11.3 Å². The number of hydrogen-bond acceptors (Lipinski definition) is 3. The molecule has 1 aliphatic carbocycles. The van der Waals surface area contributed by atoms with E-state index in [2.05, 4.69) is 27.4 Å². The summed E-state index contributed by atoms with van der Waals surface area (Å²) in [4.78, 5) is 1.23. The summed E-state index contributed by atoms with van der Waals surface area (Å²) in [5.74, 6) is 0. The molecule has 1 heterocycles. The average molecular weight is 276 g/mol. The zero-order valence-electron chi connectivity index (χ0n) is 7.91. The van der Waals surface area contributed by atoms with Crippen molar-refractivity contribution in [2.24, 2.45) is 5.73 Å². The Labute approximate surface area is 96.6 Å². The molecule has 0 aliphatic heterocycles. The molecule has 1 fully saturated rings. The molecule has 2 nitrogen and oxygen atoms in total. The van der Waals surface area contributed by atoms with Gasteiger partial charge in [0, 0.05) is 21.3 Å². The fourth-order valence-corrected chi connectivity index (χ4v) is 2.97. The van der Waals surface area contributed by atoms with Gasteiger partial charge in [0.05, 0.1) is 6.10 Å². The Balaban J connectivity index is 1.97. The number of ether oxygens (including phenoxy) is 1. The lowest BCUT2D eigenvalue weighted by atomic mass is 9.96. The van der Waals surface area contributed by atoms with Crippen molar-refractivity contribution in [1.29, 1.82) is 0 Å². The zero-order chi connectivity index (χ0) is 9.97. The van der Waals surface area contributed by atoms with E-state index < -0.39 is 0 Å². The Morgan fingerprint density at radius 1 is 1.64 bits per heavy atom. The number of thiophene rings is 1. The van der Waals surface area contributed by atoms with E-state index in [9.17, 15) is 0 Å². The third kappa shape index (κ3) is 2.37. The minimum atomic E-state index is 0.0941. The van der Waals surface area contributed by atoms with E-state index in [0.717, 1.165) is 4.47 Å². The molecule has 1 aromatic rings. The Kier molecular flexibility index (Phi) is 3.60. The molecule has 1 aromatic heterocycles. The molecule has 0 radical (unpaired) electrons. The first kappa shape index (κ1) is 10.6. The molecule has 1 aliphatic rings. The van der Waals surface area contributed by atoms with Crippen LogP contribution >= 0.6 is 27.3 Å². The monoisotopic (exact) mass is 275 g/mol. The molecule has 2 N–H and O–H groups in total. The van der Waals surface area contributed by atoms with Gasteiger partial charge in [-0.25, -0.2) is 0 Å². The van der Waals surface area contributed by atoms with Crippen LogP contribution in [-0.4, -0.2) is 12.6 Å². The summed E-state index contributed by atoms with van der Waals surface area (Å²) in [5, 5.41) is 2.07. The van der Waals surface area contributed by atoms with Gasteiger partial charge in [0.15, 0.2) is 0 Å². The molecule has 0 saturated heterocycles. The predicted octanol–water partition coefficient (Wildman–Crippen LogP) is 3.08. The smallest absolute Gasteiger partial charge is 0.104 e. The van der Waals surface area contributed by atoms with Crippen LogP contribution in [0.1, 0.15) is 30.2 Å². The molecule has 0 bridgehead atoms. The van der Waals surface area contributed by atoms with Crippen LogP contribution in [0.2, 0.25) is 0 Å². The maximum absolute atomic E-state index is 5.90. The van der Waals surface area contributed by atoms with Gasteiger partial charge in [-0.05, 0) is 41.3 Å². The van der Waals surface area contributed by atoms with Crippen molar-refractivity contribution >= 4 is 27.3 Å². The summed E-state index contributed by atoms with van der Waals surface area (Å²) in [6.45, 7) is 0.573. The van der Waals surface area contributed by atoms with Crippen LogP contribution in [0.3, 0.4) is 0 Å². The van der Waals surface area contributed by atoms with Crippen molar-refractivity contribution in [3.8, 4) is 0 Å². The fourth-order valence-electron chi connectivity index (χ4n) is 1.48. The molecule has 14 heavy (non-hydrogen) atoms. The van der Waals surface area contributed by atoms with Crippen LogP contribution in [0.5, 0.6) is 0 Å². The molecule has 0 amide bonds. The average Bonchev–Trinajstić information content (AvgIpc) is 2.50. The van der Waals surface area contributed by atoms with Crippen LogP contribution in [0.25, 0.3) is 0 Å². The van der Waals surface area contributed by atoms with Crippen molar-refractivity contribution in [1.82, 2.24) is 0 Å². The fraction of sp³-hybridized carbons (Fsp3) is 0.600. The van der Waals surface area contributed by atoms with Gasteiger partial charge in [-0.15, -0.1) is 11.3 Å². The van der Waals surface area contributed by atoms with Crippen LogP contribution in [0, 0.1) is 0 Å². The maximum Gasteiger partial charge on any atom is 0.104 e. The number of halogens is 1. The van der Waals surface area contributed by atoms with E-state index in [1.807, 2.05) is 0 Å². The number of rotatable bonds is 4. The molecule has 78 valence electrons. The standard InChI is InChI=1S/C10H14BrNOS/c11-7-4-10(14-6-7)9(5-12)13-8-2-1-3-8/h4,6,8-9H,1-3,5,12H2. The van der Waals surface area contributed by atoms with Crippen LogP contribution < -0.4 is 5.73 Å². The van der Waals surface area contributed by atoms with Gasteiger partial charge >= 0.3 is 0 Å². The lowest BCUT2D eigenvalue weighted by molar-refractivity contribution is -0.0472. The van der Waals surface area contributed by atoms with Gasteiger partial charge in [0.25, 0.3) is 0 Å². The highest BCUT2D eigenvalue weighted by Gasteiger charge is 2.23. The predicted molar refractivity (Wildman–Crippen MR) is 62.5 cm³/mol. The minimum absolute atomic E-state index is 0.0941. The maximum atomic E-state index is 5.90. The lowest BCUT2D eigenvalue weighted by Gasteiger charge is -2.29. The highest BCUT2D eigenvalue weighted by Crippen LogP contribution is 2.32. The molecule has 1 unspecified atom stereocenters. The Morgan fingerprint density at radius 3 is 2.86 bits per heavy atom. The molecule has 0 aromatic carbocycles. The van der Waals surface area contributed by atoms with Crippen LogP contribution in [0.4, 0.5) is 0 Å². The summed E-state index contributed by atoms with van der Waals surface area (Å²) < 4.78 is 7.02. The first-order valence-corrected chi connectivity index (χ1v) is 6.56. The summed E-state index contributed by atoms with van der Waals surface area (Å²) in [5.41, 5.74) is 5.71. The van der Waals surface area contributed by atoms with E-state index >= 15 is 0 Å². The second kappa shape index (κ2) is 4.75. The van der Waals surface area contributed by atoms with Gasteiger partial charge in [-0.2, -0.15) is 0 Å². The van der Waals surface area contributed by atoms with Gasteiger partial charge in [0.2, 0.25) is 0 Å². The number of hydrogen-bond donors (Lipinski definition) is 1. The summed E-state index contributed by atoms with van der Waals surface area (Å²) in [7, 11) is 0. The third-order valence-electron chi connectivity index (χ3n) is 2.53. The topological polar surface area (TPSA) is 35.2 Å². The van der Waals surface area contributed by atoms with Crippen molar-refractivity contribution < 1.29 is 4.74 Å². The normalized spacial score (nSPS) is 19.3. The minimum Gasteiger partial charge on any atom is -0.368 e. The second-order valence-electron chi connectivity index (χ2n) is 3.58. The third-order valence-corrected chi connectivity index (χ3v) is 4.31. The van der Waals surface area contributed by atoms with Crippen molar-refractivity contribution in [2.75, 3.05) is 6.54 Å². The highest BCUT2D eigenvalue weighted by atomic mass is 79.9. The SMILES string of the molecule is NCC(OC1CCC1)c1cc(Br)cs1. The van der Waals surface area contributed by atoms with Crippen LogP contribution in [0.15, 0.2) is 15.9 Å². The van der Waals surface area contributed by atoms with Crippen molar-refractivity contribution in [3.63, 3.8) is 0 Å². The molecule has 0 spiro atoms. The Bertz CT molecular complexity index is 298. The lowest BCUT2D eigenvalue weighted by Crippen LogP contribution is -2.27. The second-order valence-corrected chi connectivity index (χ2v) is 5.44. The quantitative estimate of drug-likeness (QED) is 0.917. The molecule has 1 saturated carbocycles. The van der Waals surface area contributed by atoms with E-state index in [0.29, 0.717) is 12.6 Å².